The molecule has 1 aliphatic rings. The largest absolute Gasteiger partial charge is 0.468 e. The highest BCUT2D eigenvalue weighted by atomic mass is 16.5. The summed E-state index contributed by atoms with van der Waals surface area (Å²) in [5, 5.41) is 13.8. The molecule has 0 unspecified atom stereocenters. The summed E-state index contributed by atoms with van der Waals surface area (Å²) in [6, 6.07) is 9.29. The molecule has 0 radical (unpaired) electrons. The molecular formula is C17H21N3O4. The van der Waals surface area contributed by atoms with E-state index in [9.17, 15) is 9.90 Å². The first-order valence-electron chi connectivity index (χ1n) is 8.05. The Bertz CT molecular complexity index is 673. The molecule has 24 heavy (non-hydrogen) atoms. The van der Waals surface area contributed by atoms with Crippen molar-refractivity contribution in [1.82, 2.24) is 15.0 Å². The third-order valence-corrected chi connectivity index (χ3v) is 4.19. The highest BCUT2D eigenvalue weighted by Crippen LogP contribution is 2.20. The van der Waals surface area contributed by atoms with E-state index in [1.165, 1.54) is 7.11 Å². The van der Waals surface area contributed by atoms with Gasteiger partial charge in [-0.05, 0) is 13.0 Å². The summed E-state index contributed by atoms with van der Waals surface area (Å²) in [6.45, 7) is 1.15. The molecule has 0 aliphatic carbocycles. The number of carbonyl (C=O) groups is 1. The number of carbonyl (C=O) groups excluding carboxylic acids is 1. The maximum absolute atomic E-state index is 11.7. The Morgan fingerprint density at radius 3 is 2.96 bits per heavy atom. The highest BCUT2D eigenvalue weighted by molar-refractivity contribution is 5.76. The van der Waals surface area contributed by atoms with Crippen LogP contribution in [0.3, 0.4) is 0 Å². The molecule has 7 nitrogen and oxygen atoms in total. The second kappa shape index (κ2) is 7.55. The Hall–Kier alpha value is -2.25. The van der Waals surface area contributed by atoms with Gasteiger partial charge >= 0.3 is 5.97 Å². The van der Waals surface area contributed by atoms with Gasteiger partial charge in [0.15, 0.2) is 0 Å². The molecule has 2 aromatic rings. The lowest BCUT2D eigenvalue weighted by molar-refractivity contribution is -0.145. The summed E-state index contributed by atoms with van der Waals surface area (Å²) in [5.41, 5.74) is 0.918. The third-order valence-electron chi connectivity index (χ3n) is 4.19. The number of aliphatic hydroxyl groups excluding tert-OH is 1. The van der Waals surface area contributed by atoms with Crippen molar-refractivity contribution in [3.63, 3.8) is 0 Å². The molecule has 7 heteroatoms. The summed E-state index contributed by atoms with van der Waals surface area (Å²) in [7, 11) is 1.37. The number of methoxy groups -OCH3 is 1. The fourth-order valence-electron chi connectivity index (χ4n) is 3.00. The van der Waals surface area contributed by atoms with Crippen LogP contribution >= 0.6 is 0 Å². The predicted octanol–water partition coefficient (Wildman–Crippen LogP) is 1.28. The van der Waals surface area contributed by atoms with Crippen molar-refractivity contribution in [3.05, 3.63) is 36.2 Å². The second-order valence-corrected chi connectivity index (χ2v) is 5.90. The number of hydrogen-bond acceptors (Lipinski definition) is 7. The van der Waals surface area contributed by atoms with E-state index in [0.717, 1.165) is 12.0 Å². The fourth-order valence-corrected chi connectivity index (χ4v) is 3.00. The van der Waals surface area contributed by atoms with Gasteiger partial charge in [0.2, 0.25) is 11.7 Å². The molecular weight excluding hydrogens is 310 g/mol. The number of β-amino-alcohol motifs (C(OH)–C–C–N with tert-alkyl or cyclic N) is 1. The first-order chi connectivity index (χ1) is 11.7. The van der Waals surface area contributed by atoms with Gasteiger partial charge in [-0.2, -0.15) is 4.98 Å². The van der Waals surface area contributed by atoms with Gasteiger partial charge in [-0.3, -0.25) is 9.69 Å². The SMILES string of the molecule is COC(=O)[C@@H]1C[C@H](O)CN1CCCc1nc(-c2ccccc2)no1. The monoisotopic (exact) mass is 331 g/mol. The molecule has 0 saturated carbocycles. The minimum atomic E-state index is -0.484. The zero-order valence-corrected chi connectivity index (χ0v) is 13.6. The van der Waals surface area contributed by atoms with Gasteiger partial charge in [0.1, 0.15) is 6.04 Å². The van der Waals surface area contributed by atoms with Crippen LogP contribution in [0.25, 0.3) is 11.4 Å². The molecule has 0 amide bonds. The van der Waals surface area contributed by atoms with Crippen LogP contribution in [-0.4, -0.2) is 58.5 Å². The lowest BCUT2D eigenvalue weighted by Crippen LogP contribution is -2.37. The maximum atomic E-state index is 11.7. The standard InChI is InChI=1S/C17H21N3O4/c1-23-17(22)14-10-13(21)11-20(14)9-5-8-15-18-16(19-24-15)12-6-3-2-4-7-12/h2-4,6-7,13-14,21H,5,8-11H2,1H3/t13-,14-/m0/s1. The van der Waals surface area contributed by atoms with E-state index in [2.05, 4.69) is 10.1 Å². The van der Waals surface area contributed by atoms with Crippen LogP contribution < -0.4 is 0 Å². The highest BCUT2D eigenvalue weighted by Gasteiger charge is 2.36. The Morgan fingerprint density at radius 1 is 1.42 bits per heavy atom. The molecule has 2 heterocycles. The third kappa shape index (κ3) is 3.80. The quantitative estimate of drug-likeness (QED) is 0.798. The number of rotatable bonds is 6. The minimum Gasteiger partial charge on any atom is -0.468 e. The number of aliphatic hydroxyl groups is 1. The zero-order valence-electron chi connectivity index (χ0n) is 13.6. The Balaban J connectivity index is 1.53. The van der Waals surface area contributed by atoms with Crippen molar-refractivity contribution in [1.29, 1.82) is 0 Å². The molecule has 1 fully saturated rings. The maximum Gasteiger partial charge on any atom is 0.323 e. The molecule has 1 aromatic carbocycles. The van der Waals surface area contributed by atoms with Gasteiger partial charge in [-0.1, -0.05) is 35.5 Å². The van der Waals surface area contributed by atoms with E-state index in [-0.39, 0.29) is 12.0 Å². The van der Waals surface area contributed by atoms with Crippen molar-refractivity contribution < 1.29 is 19.2 Å². The van der Waals surface area contributed by atoms with Crippen LogP contribution in [0.2, 0.25) is 0 Å². The molecule has 1 aliphatic heterocycles. The Morgan fingerprint density at radius 2 is 2.21 bits per heavy atom. The Kier molecular flexibility index (Phi) is 5.22. The van der Waals surface area contributed by atoms with Crippen LogP contribution in [0.1, 0.15) is 18.7 Å². The van der Waals surface area contributed by atoms with Crippen molar-refractivity contribution >= 4 is 5.97 Å². The Labute approximate surface area is 140 Å². The summed E-state index contributed by atoms with van der Waals surface area (Å²) < 4.78 is 10.1. The molecule has 128 valence electrons. The minimum absolute atomic E-state index is 0.296. The van der Waals surface area contributed by atoms with Crippen LogP contribution in [0, 0.1) is 0 Å². The number of aromatic nitrogens is 2. The molecule has 1 N–H and O–H groups in total. The van der Waals surface area contributed by atoms with E-state index in [0.29, 0.717) is 37.6 Å². The topological polar surface area (TPSA) is 88.7 Å². The van der Waals surface area contributed by atoms with Gasteiger partial charge in [0.25, 0.3) is 0 Å². The lowest BCUT2D eigenvalue weighted by atomic mass is 10.2. The number of likely N-dealkylation sites (tertiary alicyclic amines) is 1. The van der Waals surface area contributed by atoms with E-state index in [1.54, 1.807) is 0 Å². The van der Waals surface area contributed by atoms with E-state index in [4.69, 9.17) is 9.26 Å². The van der Waals surface area contributed by atoms with E-state index in [1.807, 2.05) is 35.2 Å². The van der Waals surface area contributed by atoms with Crippen molar-refractivity contribution in [3.8, 4) is 11.4 Å². The van der Waals surface area contributed by atoms with Crippen molar-refractivity contribution in [2.45, 2.75) is 31.4 Å². The number of benzene rings is 1. The first kappa shape index (κ1) is 16.6. The smallest absolute Gasteiger partial charge is 0.323 e. The molecule has 1 saturated heterocycles. The second-order valence-electron chi connectivity index (χ2n) is 5.90. The number of aryl methyl sites for hydroxylation is 1. The van der Waals surface area contributed by atoms with Gasteiger partial charge in [0.05, 0.1) is 13.2 Å². The summed E-state index contributed by atoms with van der Waals surface area (Å²) >= 11 is 0. The van der Waals surface area contributed by atoms with Gasteiger partial charge in [-0.15, -0.1) is 0 Å². The summed E-state index contributed by atoms with van der Waals surface area (Å²) in [6.07, 6.45) is 1.32. The van der Waals surface area contributed by atoms with E-state index < -0.39 is 6.10 Å². The van der Waals surface area contributed by atoms with Crippen LogP contribution in [0.5, 0.6) is 0 Å². The van der Waals surface area contributed by atoms with Gasteiger partial charge < -0.3 is 14.4 Å². The average Bonchev–Trinajstić information content (AvgIpc) is 3.22. The lowest BCUT2D eigenvalue weighted by Gasteiger charge is -2.21. The molecule has 2 atom stereocenters. The molecule has 1 aromatic heterocycles. The van der Waals surface area contributed by atoms with Gasteiger partial charge in [0, 0.05) is 24.9 Å². The zero-order chi connectivity index (χ0) is 16.9. The number of esters is 1. The number of nitrogens with zero attached hydrogens (tertiary/aromatic N) is 3. The van der Waals surface area contributed by atoms with Crippen molar-refractivity contribution in [2.24, 2.45) is 0 Å². The van der Waals surface area contributed by atoms with E-state index >= 15 is 0 Å². The predicted molar refractivity (Wildman–Crippen MR) is 86.1 cm³/mol. The molecule has 0 bridgehead atoms. The van der Waals surface area contributed by atoms with Gasteiger partial charge in [-0.25, -0.2) is 0 Å². The van der Waals surface area contributed by atoms with Crippen LogP contribution in [0.4, 0.5) is 0 Å². The van der Waals surface area contributed by atoms with Crippen LogP contribution in [0.15, 0.2) is 34.9 Å². The summed E-state index contributed by atoms with van der Waals surface area (Å²) in [5.74, 6) is 0.855. The van der Waals surface area contributed by atoms with Crippen molar-refractivity contribution in [2.75, 3.05) is 20.2 Å². The average molecular weight is 331 g/mol. The number of ether oxygens (including phenoxy) is 1. The van der Waals surface area contributed by atoms with Crippen LogP contribution in [-0.2, 0) is 16.0 Å². The molecule has 0 spiro atoms. The first-order valence-corrected chi connectivity index (χ1v) is 8.05. The molecule has 3 rings (SSSR count). The number of hydrogen-bond donors (Lipinski definition) is 1. The normalized spacial score (nSPS) is 21.1. The fraction of sp³-hybridized carbons (Fsp3) is 0.471. The summed E-state index contributed by atoms with van der Waals surface area (Å²) in [4.78, 5) is 18.1.